The van der Waals surface area contributed by atoms with E-state index in [4.69, 9.17) is 15.6 Å². The van der Waals surface area contributed by atoms with Gasteiger partial charge in [0.25, 0.3) is 5.91 Å². The van der Waals surface area contributed by atoms with E-state index in [1.54, 1.807) is 24.3 Å². The second-order valence-corrected chi connectivity index (χ2v) is 5.84. The maximum atomic E-state index is 11.6. The average molecular weight is 294 g/mol. The minimum atomic E-state index is -3.84. The Morgan fingerprint density at radius 1 is 1.15 bits per heavy atom. The Morgan fingerprint density at radius 2 is 1.75 bits per heavy atom. The second kappa shape index (κ2) is 5.10. The molecule has 7 heteroatoms. The SMILES string of the molecule is CC(Oc1ccc(S(N)(=O)=O)c2ccccc12)C(N)=O. The summed E-state index contributed by atoms with van der Waals surface area (Å²) < 4.78 is 28.5. The summed E-state index contributed by atoms with van der Waals surface area (Å²) in [5.74, 6) is -0.232. The van der Waals surface area contributed by atoms with Crippen LogP contribution in [0.2, 0.25) is 0 Å². The minimum absolute atomic E-state index is 0.00665. The van der Waals surface area contributed by atoms with Gasteiger partial charge >= 0.3 is 0 Å². The van der Waals surface area contributed by atoms with Gasteiger partial charge in [0, 0.05) is 10.8 Å². The zero-order valence-corrected chi connectivity index (χ0v) is 11.6. The molecule has 0 heterocycles. The molecule has 4 N–H and O–H groups in total. The van der Waals surface area contributed by atoms with Gasteiger partial charge in [0.2, 0.25) is 10.0 Å². The normalized spacial score (nSPS) is 13.1. The Bertz CT molecular complexity index is 771. The summed E-state index contributed by atoms with van der Waals surface area (Å²) in [7, 11) is -3.84. The number of carbonyl (C=O) groups is 1. The Hall–Kier alpha value is -2.12. The quantitative estimate of drug-likeness (QED) is 0.865. The van der Waals surface area contributed by atoms with Crippen LogP contribution in [0.15, 0.2) is 41.3 Å². The molecular weight excluding hydrogens is 280 g/mol. The van der Waals surface area contributed by atoms with Crippen LogP contribution < -0.4 is 15.6 Å². The molecule has 106 valence electrons. The highest BCUT2D eigenvalue weighted by Crippen LogP contribution is 2.31. The fourth-order valence-corrected chi connectivity index (χ4v) is 2.59. The van der Waals surface area contributed by atoms with Crippen LogP contribution in [0.5, 0.6) is 5.75 Å². The predicted octanol–water partition coefficient (Wildman–Crippen LogP) is 0.740. The zero-order chi connectivity index (χ0) is 14.9. The van der Waals surface area contributed by atoms with Crippen molar-refractivity contribution in [2.45, 2.75) is 17.9 Å². The lowest BCUT2D eigenvalue weighted by atomic mass is 10.1. The van der Waals surface area contributed by atoms with E-state index < -0.39 is 22.0 Å². The number of primary sulfonamides is 1. The number of sulfonamides is 1. The van der Waals surface area contributed by atoms with Crippen molar-refractivity contribution in [1.82, 2.24) is 0 Å². The molecule has 1 atom stereocenters. The summed E-state index contributed by atoms with van der Waals surface area (Å²) in [6, 6.07) is 9.54. The lowest BCUT2D eigenvalue weighted by Crippen LogP contribution is -2.30. The summed E-state index contributed by atoms with van der Waals surface area (Å²) in [4.78, 5) is 11.1. The molecule has 1 amide bonds. The molecule has 0 saturated carbocycles. The number of amides is 1. The van der Waals surface area contributed by atoms with Crippen molar-refractivity contribution >= 4 is 26.7 Å². The number of hydrogen-bond acceptors (Lipinski definition) is 4. The van der Waals surface area contributed by atoms with Crippen LogP contribution in [-0.4, -0.2) is 20.4 Å². The lowest BCUT2D eigenvalue weighted by Gasteiger charge is -2.14. The van der Waals surface area contributed by atoms with Crippen LogP contribution in [0, 0.1) is 0 Å². The van der Waals surface area contributed by atoms with E-state index in [1.165, 1.54) is 19.1 Å². The molecule has 20 heavy (non-hydrogen) atoms. The molecule has 0 radical (unpaired) electrons. The average Bonchev–Trinajstić information content (AvgIpc) is 2.37. The number of hydrogen-bond donors (Lipinski definition) is 2. The van der Waals surface area contributed by atoms with Crippen molar-refractivity contribution in [2.75, 3.05) is 0 Å². The lowest BCUT2D eigenvalue weighted by molar-refractivity contribution is -0.123. The third kappa shape index (κ3) is 2.73. The second-order valence-electron chi connectivity index (χ2n) is 4.31. The van der Waals surface area contributed by atoms with E-state index in [0.29, 0.717) is 16.5 Å². The smallest absolute Gasteiger partial charge is 0.258 e. The monoisotopic (exact) mass is 294 g/mol. The molecule has 0 aliphatic heterocycles. The summed E-state index contributed by atoms with van der Waals surface area (Å²) in [5.41, 5.74) is 5.15. The molecular formula is C13H14N2O4S. The van der Waals surface area contributed by atoms with Crippen LogP contribution >= 0.6 is 0 Å². The van der Waals surface area contributed by atoms with Crippen molar-refractivity contribution in [3.05, 3.63) is 36.4 Å². The molecule has 0 aliphatic carbocycles. The number of benzene rings is 2. The van der Waals surface area contributed by atoms with Gasteiger partial charge < -0.3 is 10.5 Å². The van der Waals surface area contributed by atoms with Crippen LogP contribution in [0.1, 0.15) is 6.92 Å². The third-order valence-corrected chi connectivity index (χ3v) is 3.82. The van der Waals surface area contributed by atoms with Gasteiger partial charge in [-0.15, -0.1) is 0 Å². The fraction of sp³-hybridized carbons (Fsp3) is 0.154. The minimum Gasteiger partial charge on any atom is -0.480 e. The highest BCUT2D eigenvalue weighted by molar-refractivity contribution is 7.89. The molecule has 0 saturated heterocycles. The Morgan fingerprint density at radius 3 is 2.30 bits per heavy atom. The molecule has 6 nitrogen and oxygen atoms in total. The van der Waals surface area contributed by atoms with Gasteiger partial charge in [-0.25, -0.2) is 13.6 Å². The van der Waals surface area contributed by atoms with Crippen LogP contribution in [0.4, 0.5) is 0 Å². The summed E-state index contributed by atoms with van der Waals surface area (Å²) in [6.45, 7) is 1.52. The highest BCUT2D eigenvalue weighted by Gasteiger charge is 2.17. The van der Waals surface area contributed by atoms with E-state index in [0.717, 1.165) is 0 Å². The molecule has 2 aromatic rings. The Balaban J connectivity index is 2.63. The zero-order valence-electron chi connectivity index (χ0n) is 10.7. The molecule has 0 bridgehead atoms. The van der Waals surface area contributed by atoms with E-state index in [9.17, 15) is 13.2 Å². The van der Waals surface area contributed by atoms with Crippen LogP contribution in [0.25, 0.3) is 10.8 Å². The first-order chi connectivity index (χ1) is 9.30. The van der Waals surface area contributed by atoms with Gasteiger partial charge in [0.1, 0.15) is 5.75 Å². The highest BCUT2D eigenvalue weighted by atomic mass is 32.2. The van der Waals surface area contributed by atoms with E-state index in [2.05, 4.69) is 0 Å². The number of nitrogens with two attached hydrogens (primary N) is 2. The van der Waals surface area contributed by atoms with Crippen molar-refractivity contribution < 1.29 is 17.9 Å². The molecule has 0 aliphatic rings. The summed E-state index contributed by atoms with van der Waals surface area (Å²) >= 11 is 0. The first-order valence-corrected chi connectivity index (χ1v) is 7.36. The molecule has 0 aromatic heterocycles. The van der Waals surface area contributed by atoms with Gasteiger partial charge in [-0.05, 0) is 19.1 Å². The van der Waals surface area contributed by atoms with Crippen molar-refractivity contribution in [2.24, 2.45) is 10.9 Å². The topological polar surface area (TPSA) is 112 Å². The maximum absolute atomic E-state index is 11.6. The molecule has 2 rings (SSSR count). The molecule has 1 unspecified atom stereocenters. The van der Waals surface area contributed by atoms with Crippen LogP contribution in [-0.2, 0) is 14.8 Å². The van der Waals surface area contributed by atoms with E-state index >= 15 is 0 Å². The molecule has 0 fully saturated rings. The number of ether oxygens (including phenoxy) is 1. The van der Waals surface area contributed by atoms with E-state index in [-0.39, 0.29) is 4.90 Å². The van der Waals surface area contributed by atoms with Gasteiger partial charge in [-0.2, -0.15) is 0 Å². The number of rotatable bonds is 4. The predicted molar refractivity (Wildman–Crippen MR) is 74.6 cm³/mol. The van der Waals surface area contributed by atoms with Gasteiger partial charge in [0.15, 0.2) is 6.10 Å². The third-order valence-electron chi connectivity index (χ3n) is 2.86. The van der Waals surface area contributed by atoms with E-state index in [1.807, 2.05) is 0 Å². The Labute approximate surface area is 116 Å². The van der Waals surface area contributed by atoms with Gasteiger partial charge in [0.05, 0.1) is 4.90 Å². The first kappa shape index (κ1) is 14.3. The first-order valence-electron chi connectivity index (χ1n) is 5.81. The van der Waals surface area contributed by atoms with Crippen LogP contribution in [0.3, 0.4) is 0 Å². The standard InChI is InChI=1S/C13H14N2O4S/c1-8(13(14)16)19-11-6-7-12(20(15,17)18)10-5-3-2-4-9(10)11/h2-8H,1H3,(H2,14,16)(H2,15,17,18). The number of carbonyl (C=O) groups excluding carboxylic acids is 1. The van der Waals surface area contributed by atoms with Gasteiger partial charge in [-0.3, -0.25) is 4.79 Å². The van der Waals surface area contributed by atoms with Crippen molar-refractivity contribution in [1.29, 1.82) is 0 Å². The summed E-state index contributed by atoms with van der Waals surface area (Å²) in [6.07, 6.45) is -0.821. The molecule has 2 aromatic carbocycles. The fourth-order valence-electron chi connectivity index (χ4n) is 1.84. The Kier molecular flexibility index (Phi) is 3.65. The van der Waals surface area contributed by atoms with Crippen molar-refractivity contribution in [3.8, 4) is 5.75 Å². The maximum Gasteiger partial charge on any atom is 0.258 e. The number of fused-ring (bicyclic) bond motifs is 1. The largest absolute Gasteiger partial charge is 0.480 e. The summed E-state index contributed by atoms with van der Waals surface area (Å²) in [5, 5.41) is 6.16. The van der Waals surface area contributed by atoms with Crippen molar-refractivity contribution in [3.63, 3.8) is 0 Å². The number of primary amides is 1. The molecule has 0 spiro atoms. The van der Waals surface area contributed by atoms with Gasteiger partial charge in [-0.1, -0.05) is 24.3 Å².